The van der Waals surface area contributed by atoms with Crippen LogP contribution in [0.4, 0.5) is 21.0 Å². The zero-order valence-corrected chi connectivity index (χ0v) is 20.2. The van der Waals surface area contributed by atoms with Crippen LogP contribution in [-0.2, 0) is 32.9 Å². The van der Waals surface area contributed by atoms with E-state index in [9.17, 15) is 29.4 Å². The molecule has 0 amide bonds. The second-order valence-corrected chi connectivity index (χ2v) is 10.6. The fraction of sp³-hybridized carbons (Fsp3) is 1.00. The predicted octanol–water partition coefficient (Wildman–Crippen LogP) is -0.123. The van der Waals surface area contributed by atoms with Crippen molar-refractivity contribution < 1.29 is 106 Å². The molecule has 0 fully saturated rings. The molecule has 11 N–H and O–H groups in total. The van der Waals surface area contributed by atoms with Crippen LogP contribution in [0.5, 0.6) is 0 Å². The van der Waals surface area contributed by atoms with Crippen LogP contribution in [0.3, 0.4) is 0 Å². The van der Waals surface area contributed by atoms with Crippen molar-refractivity contribution in [3.05, 3.63) is 0 Å². The quantitative estimate of drug-likeness (QED) is 0.0776. The molecule has 0 heterocycles. The second kappa shape index (κ2) is 21.0. The molecule has 0 aromatic carbocycles. The van der Waals surface area contributed by atoms with Crippen LogP contribution in [0.1, 0.15) is 13.8 Å². The van der Waals surface area contributed by atoms with Crippen LogP contribution >= 0.6 is 39.5 Å². The van der Waals surface area contributed by atoms with Crippen LogP contribution in [-0.4, -0.2) is 86.0 Å². The Hall–Kier alpha value is 0.907. The predicted molar refractivity (Wildman–Crippen MR) is 99.6 cm³/mol. The third-order valence-corrected chi connectivity index (χ3v) is 1.79. The zero-order chi connectivity index (χ0) is 28.6. The first kappa shape index (κ1) is 50.7. The Morgan fingerprint density at radius 3 is 0.545 bits per heavy atom. The number of hydrogen-bond acceptors (Lipinski definition) is 7. The first-order valence-corrected chi connectivity index (χ1v) is 14.7. The number of halogens is 5. The molecule has 0 aliphatic rings. The summed E-state index contributed by atoms with van der Waals surface area (Å²) in [4.78, 5) is 69.7. The van der Waals surface area contributed by atoms with Crippen molar-refractivity contribution in [2.45, 2.75) is 19.1 Å². The van der Waals surface area contributed by atoms with E-state index in [1.54, 1.807) is 0 Å². The Kier molecular flexibility index (Phi) is 32.3. The molecule has 0 saturated carbocycles. The van der Waals surface area contributed by atoms with Gasteiger partial charge in [-0.2, -0.15) is 8.42 Å². The topological polar surface area (TPSA) is 342 Å². The molecule has 0 aromatic heterocycles. The van der Waals surface area contributed by atoms with Gasteiger partial charge in [-0.3, -0.25) is 53.5 Å². The molecule has 33 heavy (non-hydrogen) atoms. The molecule has 30 heteroatoms. The van der Waals surface area contributed by atoms with Gasteiger partial charge >= 0.3 is 58.4 Å². The van der Waals surface area contributed by atoms with E-state index in [-0.39, 0.29) is 18.9 Å². The van der Waals surface area contributed by atoms with Gasteiger partial charge in [-0.1, -0.05) is 0 Å². The molecule has 206 valence electrons. The van der Waals surface area contributed by atoms with Gasteiger partial charge in [-0.25, -0.2) is 22.8 Å². The van der Waals surface area contributed by atoms with E-state index >= 15 is 0 Å². The Bertz CT molecular complexity index is 646. The van der Waals surface area contributed by atoms with Gasteiger partial charge in [0.2, 0.25) is 0 Å². The standard InChI is InChI=1S/C3H8O3S.5FH2O3P.Li.H/c1-3(2)7(4,5)6;5*1-5(2,3)4;;/h3H,1-2H3,(H,4,5,6);5*(H2,2,3,4);;. The van der Waals surface area contributed by atoms with E-state index in [1.807, 2.05) is 0 Å². The SMILES string of the molecule is CC(C)S(=O)(=O)O.O=P(O)(O)F.O=P(O)(O)F.O=P(O)(O)F.O=P(O)(O)F.O=P(O)(O)F.[LiH]. The molecule has 0 atom stereocenters. The summed E-state index contributed by atoms with van der Waals surface area (Å²) in [7, 11) is -29.4. The van der Waals surface area contributed by atoms with E-state index in [0.717, 1.165) is 0 Å². The van der Waals surface area contributed by atoms with Gasteiger partial charge in [0, 0.05) is 0 Å². The van der Waals surface area contributed by atoms with Gasteiger partial charge in [0.15, 0.2) is 0 Å². The zero-order valence-electron chi connectivity index (χ0n) is 14.9. The molecular weight excluding hydrogens is 613 g/mol. The Morgan fingerprint density at radius 2 is 0.545 bits per heavy atom. The molecule has 0 saturated heterocycles. The summed E-state index contributed by atoms with van der Waals surface area (Å²) in [6.45, 7) is 2.82. The number of hydrogen-bond donors (Lipinski definition) is 11. The van der Waals surface area contributed by atoms with Gasteiger partial charge in [-0.05, 0) is 13.8 Å². The van der Waals surface area contributed by atoms with Gasteiger partial charge in [0.1, 0.15) is 0 Å². The fourth-order valence-electron chi connectivity index (χ4n) is 0. The first-order valence-electron chi connectivity index (χ1n) is 5.66. The third kappa shape index (κ3) is 659. The summed E-state index contributed by atoms with van der Waals surface area (Å²) in [5, 5.41) is -0.674. The van der Waals surface area contributed by atoms with E-state index in [4.69, 9.17) is 76.3 Å². The molecule has 0 unspecified atom stereocenters. The molecule has 0 bridgehead atoms. The monoisotopic (exact) mass is 632 g/mol. The van der Waals surface area contributed by atoms with Crippen molar-refractivity contribution in [2.75, 3.05) is 0 Å². The summed E-state index contributed by atoms with van der Waals surface area (Å²) in [6, 6.07) is 0. The van der Waals surface area contributed by atoms with Crippen molar-refractivity contribution in [1.29, 1.82) is 0 Å². The van der Waals surface area contributed by atoms with Crippen molar-refractivity contribution in [3.8, 4) is 0 Å². The summed E-state index contributed by atoms with van der Waals surface area (Å²) < 4.78 is 123. The van der Waals surface area contributed by atoms with E-state index in [0.29, 0.717) is 0 Å². The summed E-state index contributed by atoms with van der Waals surface area (Å²) in [6.07, 6.45) is 0. The molecule has 0 aliphatic heterocycles. The molecule has 0 aliphatic carbocycles. The number of rotatable bonds is 1. The van der Waals surface area contributed by atoms with Crippen LogP contribution in [0.25, 0.3) is 0 Å². The molecule has 0 radical (unpaired) electrons. The Balaban J connectivity index is -0.0000000491. The van der Waals surface area contributed by atoms with Gasteiger partial charge in [0.25, 0.3) is 10.1 Å². The molecule has 0 rings (SSSR count). The average Bonchev–Trinajstić information content (AvgIpc) is 2.13. The van der Waals surface area contributed by atoms with Crippen molar-refractivity contribution >= 4 is 68.5 Å². The summed E-state index contributed by atoms with van der Waals surface area (Å²) >= 11 is 0. The van der Waals surface area contributed by atoms with Crippen LogP contribution in [0.2, 0.25) is 0 Å². The Labute approximate surface area is 193 Å². The fourth-order valence-corrected chi connectivity index (χ4v) is 0. The van der Waals surface area contributed by atoms with Crippen LogP contribution in [0, 0.1) is 0 Å². The van der Waals surface area contributed by atoms with Crippen molar-refractivity contribution in [2.24, 2.45) is 0 Å². The van der Waals surface area contributed by atoms with Crippen molar-refractivity contribution in [1.82, 2.24) is 0 Å². The minimum absolute atomic E-state index is 0. The van der Waals surface area contributed by atoms with Gasteiger partial charge in [0.05, 0.1) is 5.25 Å². The van der Waals surface area contributed by atoms with E-state index in [1.165, 1.54) is 13.8 Å². The first-order chi connectivity index (χ1) is 12.9. The van der Waals surface area contributed by atoms with Gasteiger partial charge < -0.3 is 0 Å². The minimum atomic E-state index is -5.14. The van der Waals surface area contributed by atoms with E-state index in [2.05, 4.69) is 0 Å². The normalized spacial score (nSPS) is 11.6. The maximum absolute atomic E-state index is 10.4. The Morgan fingerprint density at radius 1 is 0.515 bits per heavy atom. The van der Waals surface area contributed by atoms with Crippen LogP contribution < -0.4 is 0 Å². The molecule has 18 nitrogen and oxygen atoms in total. The third-order valence-electron chi connectivity index (χ3n) is 0.596. The molecule has 0 aromatic rings. The van der Waals surface area contributed by atoms with Gasteiger partial charge in [-0.15, -0.1) is 21.0 Å². The summed E-state index contributed by atoms with van der Waals surface area (Å²) in [5.74, 6) is 0. The van der Waals surface area contributed by atoms with E-state index < -0.39 is 54.9 Å². The molecular formula is C3H19F5LiO18P5S. The maximum atomic E-state index is 10.4. The average molecular weight is 632 g/mol. The molecule has 0 spiro atoms. The summed E-state index contributed by atoms with van der Waals surface area (Å²) in [5.41, 5.74) is 0. The van der Waals surface area contributed by atoms with Crippen LogP contribution in [0.15, 0.2) is 0 Å². The second-order valence-electron chi connectivity index (χ2n) is 3.93. The van der Waals surface area contributed by atoms with Crippen molar-refractivity contribution in [3.63, 3.8) is 0 Å².